The van der Waals surface area contributed by atoms with Crippen molar-refractivity contribution in [3.8, 4) is 0 Å². The van der Waals surface area contributed by atoms with Gasteiger partial charge in [0.1, 0.15) is 0 Å². The second kappa shape index (κ2) is 6.63. The zero-order valence-electron chi connectivity index (χ0n) is 12.0. The van der Waals surface area contributed by atoms with E-state index in [0.717, 1.165) is 17.7 Å². The predicted octanol–water partition coefficient (Wildman–Crippen LogP) is 4.14. The number of piperidine rings is 1. The summed E-state index contributed by atoms with van der Waals surface area (Å²) >= 11 is 7.42. The minimum atomic E-state index is -0.00970. The number of Topliss-reactive ketones (excluding diaryl/α,β-unsaturated/α-hetero) is 1. The Kier molecular flexibility index (Phi) is 4.60. The number of benzene rings is 1. The summed E-state index contributed by atoms with van der Waals surface area (Å²) in [6.07, 6.45) is 1.45. The highest BCUT2D eigenvalue weighted by atomic mass is 35.5. The van der Waals surface area contributed by atoms with Gasteiger partial charge in [-0.15, -0.1) is 11.3 Å². The van der Waals surface area contributed by atoms with Crippen molar-refractivity contribution in [2.45, 2.75) is 12.8 Å². The van der Waals surface area contributed by atoms with Crippen molar-refractivity contribution in [1.82, 2.24) is 4.90 Å². The molecule has 5 heteroatoms. The van der Waals surface area contributed by atoms with E-state index >= 15 is 0 Å². The number of ketones is 1. The zero-order chi connectivity index (χ0) is 15.5. The molecule has 1 amide bonds. The molecular formula is C17H16ClNO2S. The second-order valence-electron chi connectivity index (χ2n) is 5.42. The summed E-state index contributed by atoms with van der Waals surface area (Å²) in [6.45, 7) is 1.24. The van der Waals surface area contributed by atoms with Crippen LogP contribution in [0.5, 0.6) is 0 Å². The largest absolute Gasteiger partial charge is 0.339 e. The van der Waals surface area contributed by atoms with Gasteiger partial charge < -0.3 is 4.90 Å². The molecule has 1 aliphatic heterocycles. The van der Waals surface area contributed by atoms with E-state index in [2.05, 4.69) is 0 Å². The molecule has 0 radical (unpaired) electrons. The number of halogens is 1. The van der Waals surface area contributed by atoms with Crippen LogP contribution in [0.4, 0.5) is 0 Å². The lowest BCUT2D eigenvalue weighted by atomic mass is 9.91. The van der Waals surface area contributed by atoms with Crippen LogP contribution in [0.1, 0.15) is 32.9 Å². The van der Waals surface area contributed by atoms with Crippen LogP contribution in [-0.4, -0.2) is 29.7 Å². The molecule has 2 aromatic rings. The van der Waals surface area contributed by atoms with E-state index in [0.29, 0.717) is 23.7 Å². The number of likely N-dealkylation sites (tertiary alicyclic amines) is 1. The summed E-state index contributed by atoms with van der Waals surface area (Å²) in [5, 5.41) is 2.49. The Balaban J connectivity index is 1.62. The molecular weight excluding hydrogens is 318 g/mol. The van der Waals surface area contributed by atoms with E-state index in [1.807, 2.05) is 22.4 Å². The highest BCUT2D eigenvalue weighted by Gasteiger charge is 2.28. The van der Waals surface area contributed by atoms with E-state index in [9.17, 15) is 9.59 Å². The van der Waals surface area contributed by atoms with Gasteiger partial charge in [0.05, 0.1) is 4.88 Å². The van der Waals surface area contributed by atoms with Gasteiger partial charge in [-0.1, -0.05) is 23.7 Å². The number of thiophene rings is 1. The van der Waals surface area contributed by atoms with Gasteiger partial charge in [-0.25, -0.2) is 0 Å². The number of rotatable bonds is 3. The highest BCUT2D eigenvalue weighted by Crippen LogP contribution is 2.25. The fraction of sp³-hybridized carbons (Fsp3) is 0.294. The molecule has 2 heterocycles. The Morgan fingerprint density at radius 3 is 2.55 bits per heavy atom. The van der Waals surface area contributed by atoms with Crippen molar-refractivity contribution in [3.63, 3.8) is 0 Å². The summed E-state index contributed by atoms with van der Waals surface area (Å²) in [4.78, 5) is 27.4. The SMILES string of the molecule is O=C(c1cccs1)C1CCN(C(=O)c2cccc(Cl)c2)CC1. The average molecular weight is 334 g/mol. The predicted molar refractivity (Wildman–Crippen MR) is 88.7 cm³/mol. The third kappa shape index (κ3) is 3.23. The molecule has 22 heavy (non-hydrogen) atoms. The van der Waals surface area contributed by atoms with E-state index in [1.54, 1.807) is 24.3 Å². The standard InChI is InChI=1S/C17H16ClNO2S/c18-14-4-1-3-13(11-14)17(21)19-8-6-12(7-9-19)16(20)15-5-2-10-22-15/h1-5,10-12H,6-9H2. The minimum Gasteiger partial charge on any atom is -0.339 e. The number of carbonyl (C=O) groups is 2. The van der Waals surface area contributed by atoms with Crippen LogP contribution < -0.4 is 0 Å². The normalized spacial score (nSPS) is 15.8. The molecule has 1 fully saturated rings. The van der Waals surface area contributed by atoms with Gasteiger partial charge in [0.15, 0.2) is 5.78 Å². The van der Waals surface area contributed by atoms with Crippen molar-refractivity contribution in [3.05, 3.63) is 57.2 Å². The number of nitrogens with zero attached hydrogens (tertiary/aromatic N) is 1. The molecule has 0 saturated carbocycles. The quantitative estimate of drug-likeness (QED) is 0.792. The van der Waals surface area contributed by atoms with Crippen LogP contribution >= 0.6 is 22.9 Å². The van der Waals surface area contributed by atoms with Gasteiger partial charge in [0.25, 0.3) is 5.91 Å². The molecule has 0 spiro atoms. The fourth-order valence-electron chi connectivity index (χ4n) is 2.77. The molecule has 3 nitrogen and oxygen atoms in total. The summed E-state index contributed by atoms with van der Waals surface area (Å²) < 4.78 is 0. The molecule has 1 aromatic carbocycles. The monoisotopic (exact) mass is 333 g/mol. The molecule has 0 atom stereocenters. The number of hydrogen-bond acceptors (Lipinski definition) is 3. The fourth-order valence-corrected chi connectivity index (χ4v) is 3.70. The van der Waals surface area contributed by atoms with Gasteiger partial charge in [-0.05, 0) is 42.5 Å². The van der Waals surface area contributed by atoms with E-state index in [-0.39, 0.29) is 17.6 Å². The van der Waals surface area contributed by atoms with Gasteiger partial charge in [0.2, 0.25) is 0 Å². The molecule has 0 unspecified atom stereocenters. The van der Waals surface area contributed by atoms with E-state index in [1.165, 1.54) is 11.3 Å². The molecule has 1 aromatic heterocycles. The molecule has 1 saturated heterocycles. The smallest absolute Gasteiger partial charge is 0.253 e. The van der Waals surface area contributed by atoms with Crippen LogP contribution in [0.2, 0.25) is 5.02 Å². The summed E-state index contributed by atoms with van der Waals surface area (Å²) in [7, 11) is 0. The third-order valence-electron chi connectivity index (χ3n) is 3.99. The Bertz CT molecular complexity index is 676. The first-order valence-electron chi connectivity index (χ1n) is 7.27. The molecule has 0 aliphatic carbocycles. The zero-order valence-corrected chi connectivity index (χ0v) is 13.6. The van der Waals surface area contributed by atoms with Gasteiger partial charge in [0, 0.05) is 29.6 Å². The minimum absolute atomic E-state index is 0.00970. The van der Waals surface area contributed by atoms with Crippen LogP contribution in [0, 0.1) is 5.92 Å². The molecule has 114 valence electrons. The van der Waals surface area contributed by atoms with Crippen LogP contribution in [0.3, 0.4) is 0 Å². The van der Waals surface area contributed by atoms with Crippen molar-refractivity contribution in [2.24, 2.45) is 5.92 Å². The van der Waals surface area contributed by atoms with Crippen molar-refractivity contribution < 1.29 is 9.59 Å². The molecule has 1 aliphatic rings. The van der Waals surface area contributed by atoms with Gasteiger partial charge >= 0.3 is 0 Å². The molecule has 3 rings (SSSR count). The van der Waals surface area contributed by atoms with Crippen molar-refractivity contribution in [2.75, 3.05) is 13.1 Å². The topological polar surface area (TPSA) is 37.4 Å². The Labute approximate surface area is 138 Å². The lowest BCUT2D eigenvalue weighted by Crippen LogP contribution is -2.40. The first-order valence-corrected chi connectivity index (χ1v) is 8.53. The highest BCUT2D eigenvalue weighted by molar-refractivity contribution is 7.12. The number of carbonyl (C=O) groups excluding carboxylic acids is 2. The van der Waals surface area contributed by atoms with Crippen molar-refractivity contribution in [1.29, 1.82) is 0 Å². The first-order chi connectivity index (χ1) is 10.6. The van der Waals surface area contributed by atoms with Gasteiger partial charge in [-0.2, -0.15) is 0 Å². The maximum atomic E-state index is 12.4. The number of hydrogen-bond donors (Lipinski definition) is 0. The lowest BCUT2D eigenvalue weighted by Gasteiger charge is -2.31. The summed E-state index contributed by atoms with van der Waals surface area (Å²) in [6, 6.07) is 10.8. The van der Waals surface area contributed by atoms with Crippen molar-refractivity contribution >= 4 is 34.6 Å². The van der Waals surface area contributed by atoms with E-state index in [4.69, 9.17) is 11.6 Å². The lowest BCUT2D eigenvalue weighted by molar-refractivity contribution is 0.0651. The van der Waals surface area contributed by atoms with Crippen LogP contribution in [0.15, 0.2) is 41.8 Å². The molecule has 0 N–H and O–H groups in total. The Morgan fingerprint density at radius 2 is 1.91 bits per heavy atom. The first kappa shape index (κ1) is 15.3. The Morgan fingerprint density at radius 1 is 1.14 bits per heavy atom. The third-order valence-corrected chi connectivity index (χ3v) is 5.11. The molecule has 0 bridgehead atoms. The van der Waals surface area contributed by atoms with Crippen LogP contribution in [-0.2, 0) is 0 Å². The maximum absolute atomic E-state index is 12.4. The summed E-state index contributed by atoms with van der Waals surface area (Å²) in [5.41, 5.74) is 0.607. The average Bonchev–Trinajstić information content (AvgIpc) is 3.08. The van der Waals surface area contributed by atoms with Gasteiger partial charge in [-0.3, -0.25) is 9.59 Å². The summed E-state index contributed by atoms with van der Waals surface area (Å²) in [5.74, 6) is 0.233. The second-order valence-corrected chi connectivity index (χ2v) is 6.80. The number of amides is 1. The maximum Gasteiger partial charge on any atom is 0.253 e. The van der Waals surface area contributed by atoms with Crippen LogP contribution in [0.25, 0.3) is 0 Å². The Hall–Kier alpha value is -1.65. The van der Waals surface area contributed by atoms with E-state index < -0.39 is 0 Å².